The number of hydrogen-bond acceptors (Lipinski definition) is 6. The fourth-order valence-electron chi connectivity index (χ4n) is 3.88. The van der Waals surface area contributed by atoms with Gasteiger partial charge in [-0.05, 0) is 56.0 Å². The van der Waals surface area contributed by atoms with E-state index in [2.05, 4.69) is 10.6 Å². The third-order valence-corrected chi connectivity index (χ3v) is 6.25. The average Bonchev–Trinajstić information content (AvgIpc) is 3.41. The molecule has 7 nitrogen and oxygen atoms in total. The Balaban J connectivity index is 1.59. The Morgan fingerprint density at radius 3 is 2.43 bits per heavy atom. The van der Waals surface area contributed by atoms with E-state index in [9.17, 15) is 23.2 Å². The van der Waals surface area contributed by atoms with Crippen molar-refractivity contribution in [1.82, 2.24) is 5.32 Å². The molecule has 35 heavy (non-hydrogen) atoms. The molecular weight excluding hydrogens is 478 g/mol. The van der Waals surface area contributed by atoms with Crippen LogP contribution in [-0.2, 0) is 19.7 Å². The second-order valence-corrected chi connectivity index (χ2v) is 9.77. The summed E-state index contributed by atoms with van der Waals surface area (Å²) in [6.07, 6.45) is -0.753. The Kier molecular flexibility index (Phi) is 6.33. The van der Waals surface area contributed by atoms with E-state index in [0.29, 0.717) is 10.4 Å². The predicted molar refractivity (Wildman–Crippen MR) is 126 cm³/mol. The zero-order valence-corrected chi connectivity index (χ0v) is 19.9. The van der Waals surface area contributed by atoms with Crippen LogP contribution >= 0.6 is 11.3 Å². The van der Waals surface area contributed by atoms with Gasteiger partial charge in [0.25, 0.3) is 0 Å². The highest BCUT2D eigenvalue weighted by atomic mass is 32.1. The Bertz CT molecular complexity index is 1290. The van der Waals surface area contributed by atoms with Gasteiger partial charge in [0.1, 0.15) is 23.3 Å². The van der Waals surface area contributed by atoms with Gasteiger partial charge in [-0.2, -0.15) is 0 Å². The maximum atomic E-state index is 14.5. The first-order valence-electron chi connectivity index (χ1n) is 10.6. The van der Waals surface area contributed by atoms with Crippen LogP contribution in [0.15, 0.2) is 53.9 Å². The number of benzene rings is 2. The maximum absolute atomic E-state index is 14.5. The number of carbonyl (C=O) groups excluding carboxylic acids is 3. The van der Waals surface area contributed by atoms with Gasteiger partial charge >= 0.3 is 12.1 Å². The highest BCUT2D eigenvalue weighted by Crippen LogP contribution is 2.50. The molecule has 4 rings (SSSR count). The number of thiophene rings is 1. The van der Waals surface area contributed by atoms with E-state index in [4.69, 9.17) is 9.47 Å². The van der Waals surface area contributed by atoms with Crippen LogP contribution in [0.1, 0.15) is 36.8 Å². The molecule has 1 atom stereocenters. The molecule has 1 unspecified atom stereocenters. The highest BCUT2D eigenvalue weighted by molar-refractivity contribution is 7.10. The number of fused-ring (bicyclic) bond motifs is 1. The fourth-order valence-corrected chi connectivity index (χ4v) is 4.84. The number of anilines is 1. The minimum absolute atomic E-state index is 0.176. The number of amides is 2. The Morgan fingerprint density at radius 2 is 1.80 bits per heavy atom. The lowest BCUT2D eigenvalue weighted by Crippen LogP contribution is -2.37. The van der Waals surface area contributed by atoms with Crippen molar-refractivity contribution in [1.29, 1.82) is 0 Å². The molecule has 2 N–H and O–H groups in total. The molecule has 10 heteroatoms. The van der Waals surface area contributed by atoms with Crippen molar-refractivity contribution in [3.05, 3.63) is 81.5 Å². The molecule has 1 aliphatic heterocycles. The van der Waals surface area contributed by atoms with Gasteiger partial charge in [-0.25, -0.2) is 18.4 Å². The summed E-state index contributed by atoms with van der Waals surface area (Å²) in [5, 5.41) is 6.59. The summed E-state index contributed by atoms with van der Waals surface area (Å²) >= 11 is 1.30. The molecule has 0 radical (unpaired) electrons. The summed E-state index contributed by atoms with van der Waals surface area (Å²) in [5.74, 6) is -3.26. The molecule has 0 spiro atoms. The lowest BCUT2D eigenvalue weighted by molar-refractivity contribution is -0.133. The molecule has 0 fully saturated rings. The zero-order chi connectivity index (χ0) is 25.4. The van der Waals surface area contributed by atoms with E-state index < -0.39 is 47.2 Å². The van der Waals surface area contributed by atoms with Crippen LogP contribution in [0, 0.1) is 11.6 Å². The molecule has 3 aromatic rings. The molecule has 1 aromatic heterocycles. The second-order valence-electron chi connectivity index (χ2n) is 8.82. The van der Waals surface area contributed by atoms with Crippen LogP contribution in [0.4, 0.5) is 19.3 Å². The molecule has 182 valence electrons. The van der Waals surface area contributed by atoms with Gasteiger partial charge in [0, 0.05) is 10.4 Å². The summed E-state index contributed by atoms with van der Waals surface area (Å²) in [6.45, 7) is 4.69. The summed E-state index contributed by atoms with van der Waals surface area (Å²) < 4.78 is 38.7. The number of nitrogens with one attached hydrogen (secondary N) is 2. The molecule has 0 saturated heterocycles. The first-order valence-corrected chi connectivity index (χ1v) is 11.5. The topological polar surface area (TPSA) is 93.7 Å². The van der Waals surface area contributed by atoms with Crippen molar-refractivity contribution in [3.8, 4) is 5.75 Å². The highest BCUT2D eigenvalue weighted by Gasteiger charge is 2.51. The summed E-state index contributed by atoms with van der Waals surface area (Å²) in [4.78, 5) is 37.7. The van der Waals surface area contributed by atoms with Crippen LogP contribution in [-0.4, -0.2) is 30.1 Å². The van der Waals surface area contributed by atoms with E-state index in [1.165, 1.54) is 29.5 Å². The van der Waals surface area contributed by atoms with Crippen LogP contribution in [0.2, 0.25) is 0 Å². The molecular formula is C25H22F2N2O5S. The number of hydrogen-bond donors (Lipinski definition) is 2. The van der Waals surface area contributed by atoms with Crippen molar-refractivity contribution in [2.75, 3.05) is 11.9 Å². The summed E-state index contributed by atoms with van der Waals surface area (Å²) in [6, 6.07) is 12.0. The average molecular weight is 501 g/mol. The van der Waals surface area contributed by atoms with Crippen LogP contribution in [0.25, 0.3) is 0 Å². The van der Waals surface area contributed by atoms with Crippen molar-refractivity contribution in [2.24, 2.45) is 0 Å². The third-order valence-electron chi connectivity index (χ3n) is 5.26. The van der Waals surface area contributed by atoms with E-state index >= 15 is 0 Å². The van der Waals surface area contributed by atoms with Gasteiger partial charge < -0.3 is 20.1 Å². The minimum Gasteiger partial charge on any atom is -0.444 e. The van der Waals surface area contributed by atoms with E-state index in [1.807, 2.05) is 0 Å². The van der Waals surface area contributed by atoms with Crippen molar-refractivity contribution >= 4 is 35.0 Å². The molecule has 0 bridgehead atoms. The number of ether oxygens (including phenoxy) is 2. The number of halogens is 2. The number of rotatable bonds is 5. The molecule has 0 saturated carbocycles. The van der Waals surface area contributed by atoms with Crippen molar-refractivity contribution in [3.63, 3.8) is 0 Å². The van der Waals surface area contributed by atoms with Gasteiger partial charge in [-0.1, -0.05) is 24.3 Å². The lowest BCUT2D eigenvalue weighted by Gasteiger charge is -2.27. The predicted octanol–water partition coefficient (Wildman–Crippen LogP) is 4.74. The SMILES string of the molecule is CC(C)(C)OC(=O)NCC(=O)Oc1ccc(C2(c3cccs3)C(=O)Nc3c2ccc(F)c3F)cc1. The zero-order valence-electron chi connectivity index (χ0n) is 19.1. The van der Waals surface area contributed by atoms with Crippen LogP contribution in [0.3, 0.4) is 0 Å². The lowest BCUT2D eigenvalue weighted by atomic mass is 9.74. The standard InChI is InChI=1S/C25H22F2N2O5S/c1-24(2,3)34-23(32)28-13-19(30)33-15-8-6-14(7-9-15)25(18-5-4-12-35-18)16-10-11-17(26)20(27)21(16)29-22(25)31/h4-12H,13H2,1-3H3,(H,28,32)(H,29,31). The normalized spacial score (nSPS) is 16.9. The van der Waals surface area contributed by atoms with Gasteiger partial charge in [0.05, 0.1) is 5.69 Å². The van der Waals surface area contributed by atoms with Crippen molar-refractivity contribution < 1.29 is 32.6 Å². The van der Waals surface area contributed by atoms with Gasteiger partial charge in [0.15, 0.2) is 11.6 Å². The molecule has 0 aliphatic carbocycles. The van der Waals surface area contributed by atoms with Gasteiger partial charge in [0.2, 0.25) is 5.91 Å². The molecule has 2 amide bonds. The minimum atomic E-state index is -1.40. The summed E-state index contributed by atoms with van der Waals surface area (Å²) in [7, 11) is 0. The number of alkyl carbamates (subject to hydrolysis) is 1. The smallest absolute Gasteiger partial charge is 0.408 e. The van der Waals surface area contributed by atoms with E-state index in [0.717, 1.165) is 6.07 Å². The molecule has 1 aliphatic rings. The molecule has 2 heterocycles. The number of esters is 1. The Labute approximate surface area is 204 Å². The Morgan fingerprint density at radius 1 is 1.09 bits per heavy atom. The van der Waals surface area contributed by atoms with Crippen LogP contribution in [0.5, 0.6) is 5.75 Å². The van der Waals surface area contributed by atoms with Gasteiger partial charge in [-0.3, -0.25) is 4.79 Å². The fraction of sp³-hybridized carbons (Fsp3) is 0.240. The van der Waals surface area contributed by atoms with E-state index in [-0.39, 0.29) is 17.0 Å². The maximum Gasteiger partial charge on any atom is 0.408 e. The number of carbonyl (C=O) groups is 3. The van der Waals surface area contributed by atoms with Crippen molar-refractivity contribution in [2.45, 2.75) is 31.8 Å². The summed E-state index contributed by atoms with van der Waals surface area (Å²) in [5.41, 5.74) is -1.54. The van der Waals surface area contributed by atoms with E-state index in [1.54, 1.807) is 50.4 Å². The monoisotopic (exact) mass is 500 g/mol. The third kappa shape index (κ3) is 4.61. The van der Waals surface area contributed by atoms with Gasteiger partial charge in [-0.15, -0.1) is 11.3 Å². The first-order chi connectivity index (χ1) is 16.5. The second kappa shape index (κ2) is 9.10. The largest absolute Gasteiger partial charge is 0.444 e. The van der Waals surface area contributed by atoms with Crippen LogP contribution < -0.4 is 15.4 Å². The Hall–Kier alpha value is -3.79. The molecule has 2 aromatic carbocycles. The first kappa shape index (κ1) is 24.3. The quantitative estimate of drug-likeness (QED) is 0.390.